The predicted octanol–water partition coefficient (Wildman–Crippen LogP) is 3.19. The van der Waals surface area contributed by atoms with Crippen LogP contribution in [-0.2, 0) is 7.05 Å². The van der Waals surface area contributed by atoms with Crippen LogP contribution in [0.3, 0.4) is 0 Å². The molecule has 2 amide bonds. The van der Waals surface area contributed by atoms with Gasteiger partial charge in [0.2, 0.25) is 5.88 Å². The number of likely N-dealkylation sites (tertiary alicyclic amines) is 1. The molecule has 0 atom stereocenters. The molecule has 3 aromatic heterocycles. The van der Waals surface area contributed by atoms with Gasteiger partial charge in [0, 0.05) is 43.5 Å². The molecule has 3 N–H and O–H groups in total. The van der Waals surface area contributed by atoms with Crippen LogP contribution in [0.2, 0.25) is 0 Å². The minimum absolute atomic E-state index is 0.0767. The molecule has 1 saturated heterocycles. The van der Waals surface area contributed by atoms with Crippen molar-refractivity contribution in [1.29, 1.82) is 0 Å². The van der Waals surface area contributed by atoms with Crippen molar-refractivity contribution in [3.05, 3.63) is 59.7 Å². The fourth-order valence-electron chi connectivity index (χ4n) is 4.48. The molecular formula is C26H28FN7O3. The Morgan fingerprint density at radius 1 is 1.14 bits per heavy atom. The molecule has 11 heteroatoms. The van der Waals surface area contributed by atoms with E-state index in [2.05, 4.69) is 30.6 Å². The van der Waals surface area contributed by atoms with E-state index in [0.717, 1.165) is 30.9 Å². The largest absolute Gasteiger partial charge is 0.479 e. The van der Waals surface area contributed by atoms with Crippen LogP contribution < -0.4 is 15.4 Å². The fourth-order valence-corrected chi connectivity index (χ4v) is 4.48. The topological polar surface area (TPSA) is 117 Å². The molecule has 192 valence electrons. The summed E-state index contributed by atoms with van der Waals surface area (Å²) >= 11 is 0. The molecule has 4 heterocycles. The molecule has 1 aromatic carbocycles. The van der Waals surface area contributed by atoms with Crippen molar-refractivity contribution >= 4 is 28.5 Å². The minimum Gasteiger partial charge on any atom is -0.479 e. The second-order valence-electron chi connectivity index (χ2n) is 9.02. The number of benzene rings is 1. The summed E-state index contributed by atoms with van der Waals surface area (Å²) in [5.74, 6) is -1.03. The van der Waals surface area contributed by atoms with E-state index >= 15 is 0 Å². The number of hydrogen-bond acceptors (Lipinski definition) is 6. The van der Waals surface area contributed by atoms with Crippen LogP contribution in [0.5, 0.6) is 5.88 Å². The van der Waals surface area contributed by atoms with Crippen molar-refractivity contribution in [2.75, 3.05) is 38.6 Å². The molecule has 0 spiro atoms. The van der Waals surface area contributed by atoms with E-state index in [1.807, 2.05) is 12.3 Å². The van der Waals surface area contributed by atoms with Crippen molar-refractivity contribution in [3.8, 4) is 17.1 Å². The zero-order chi connectivity index (χ0) is 25.9. The molecule has 1 fully saturated rings. The van der Waals surface area contributed by atoms with E-state index in [9.17, 15) is 14.0 Å². The van der Waals surface area contributed by atoms with Gasteiger partial charge in [-0.05, 0) is 56.3 Å². The summed E-state index contributed by atoms with van der Waals surface area (Å²) in [5.41, 5.74) is 2.51. The number of rotatable bonds is 8. The molecule has 5 rings (SSSR count). The number of aryl methyl sites for hydroxylation is 1. The first kappa shape index (κ1) is 24.4. The first-order valence-electron chi connectivity index (χ1n) is 12.1. The first-order chi connectivity index (χ1) is 17.9. The number of anilines is 1. The van der Waals surface area contributed by atoms with Gasteiger partial charge in [-0.25, -0.2) is 9.37 Å². The quantitative estimate of drug-likeness (QED) is 0.339. The summed E-state index contributed by atoms with van der Waals surface area (Å²) in [6.45, 7) is 3.38. The number of halogens is 1. The number of amides is 2. The average Bonchev–Trinajstić information content (AvgIpc) is 3.64. The average molecular weight is 506 g/mol. The Morgan fingerprint density at radius 2 is 1.95 bits per heavy atom. The van der Waals surface area contributed by atoms with Crippen LogP contribution in [0, 0.1) is 5.82 Å². The highest BCUT2D eigenvalue weighted by molar-refractivity contribution is 6.06. The Kier molecular flexibility index (Phi) is 6.87. The maximum atomic E-state index is 14.5. The molecular weight excluding hydrogens is 477 g/mol. The summed E-state index contributed by atoms with van der Waals surface area (Å²) in [4.78, 5) is 35.3. The number of carbonyl (C=O) groups is 2. The van der Waals surface area contributed by atoms with Gasteiger partial charge in [-0.1, -0.05) is 0 Å². The lowest BCUT2D eigenvalue weighted by atomic mass is 10.1. The van der Waals surface area contributed by atoms with Gasteiger partial charge in [0.15, 0.2) is 0 Å². The van der Waals surface area contributed by atoms with E-state index in [4.69, 9.17) is 4.74 Å². The zero-order valence-electron chi connectivity index (χ0n) is 20.7. The van der Waals surface area contributed by atoms with E-state index in [1.54, 1.807) is 24.9 Å². The van der Waals surface area contributed by atoms with Crippen molar-refractivity contribution < 1.29 is 18.7 Å². The molecule has 1 aliphatic rings. The number of H-pyrrole nitrogens is 1. The SMILES string of the molecule is COc1nn(C)cc1-c1cc2cc(C(=O)Nc3cc(C(=O)NCCN4CCCC4)ccc3F)cnc2[nH]1. The van der Waals surface area contributed by atoms with Crippen molar-refractivity contribution in [1.82, 2.24) is 30.0 Å². The molecule has 0 radical (unpaired) electrons. The second kappa shape index (κ2) is 10.4. The van der Waals surface area contributed by atoms with Crippen LogP contribution in [0.4, 0.5) is 10.1 Å². The number of methoxy groups -OCH3 is 1. The number of hydrogen-bond donors (Lipinski definition) is 3. The van der Waals surface area contributed by atoms with Gasteiger partial charge in [-0.3, -0.25) is 14.3 Å². The highest BCUT2D eigenvalue weighted by Crippen LogP contribution is 2.30. The van der Waals surface area contributed by atoms with E-state index in [0.29, 0.717) is 23.5 Å². The molecule has 0 unspecified atom stereocenters. The lowest BCUT2D eigenvalue weighted by molar-refractivity contribution is 0.0948. The highest BCUT2D eigenvalue weighted by Gasteiger charge is 2.17. The molecule has 4 aromatic rings. The predicted molar refractivity (Wildman–Crippen MR) is 137 cm³/mol. The number of nitrogens with one attached hydrogen (secondary N) is 3. The van der Waals surface area contributed by atoms with Gasteiger partial charge >= 0.3 is 0 Å². The number of pyridine rings is 1. The number of aromatic amines is 1. The number of aromatic nitrogens is 4. The van der Waals surface area contributed by atoms with E-state index in [-0.39, 0.29) is 22.7 Å². The molecule has 0 saturated carbocycles. The fraction of sp³-hybridized carbons (Fsp3) is 0.308. The van der Waals surface area contributed by atoms with Gasteiger partial charge in [0.25, 0.3) is 11.8 Å². The third-order valence-electron chi connectivity index (χ3n) is 6.40. The van der Waals surface area contributed by atoms with Gasteiger partial charge in [0.1, 0.15) is 11.5 Å². The Bertz CT molecular complexity index is 1460. The maximum Gasteiger partial charge on any atom is 0.257 e. The summed E-state index contributed by atoms with van der Waals surface area (Å²) < 4.78 is 21.5. The molecule has 10 nitrogen and oxygen atoms in total. The first-order valence-corrected chi connectivity index (χ1v) is 12.1. The second-order valence-corrected chi connectivity index (χ2v) is 9.02. The van der Waals surface area contributed by atoms with E-state index in [1.165, 1.54) is 37.2 Å². The monoisotopic (exact) mass is 505 g/mol. The normalized spacial score (nSPS) is 13.7. The van der Waals surface area contributed by atoms with Gasteiger partial charge in [-0.15, -0.1) is 5.10 Å². The van der Waals surface area contributed by atoms with Crippen molar-refractivity contribution in [3.63, 3.8) is 0 Å². The minimum atomic E-state index is -0.636. The maximum absolute atomic E-state index is 14.5. The Hall–Kier alpha value is -4.25. The van der Waals surface area contributed by atoms with Crippen LogP contribution in [0.1, 0.15) is 33.6 Å². The van der Waals surface area contributed by atoms with Gasteiger partial charge < -0.3 is 25.3 Å². The summed E-state index contributed by atoms with van der Waals surface area (Å²) in [6, 6.07) is 7.41. The van der Waals surface area contributed by atoms with Crippen LogP contribution in [-0.4, -0.2) is 69.8 Å². The number of fused-ring (bicyclic) bond motifs is 1. The third-order valence-corrected chi connectivity index (χ3v) is 6.40. The number of ether oxygens (including phenoxy) is 1. The highest BCUT2D eigenvalue weighted by atomic mass is 19.1. The zero-order valence-corrected chi connectivity index (χ0v) is 20.7. The molecule has 0 aliphatic carbocycles. The summed E-state index contributed by atoms with van der Waals surface area (Å²) in [7, 11) is 3.34. The number of nitrogens with zero attached hydrogens (tertiary/aromatic N) is 4. The number of carbonyl (C=O) groups excluding carboxylic acids is 2. The van der Waals surface area contributed by atoms with Crippen LogP contribution in [0.25, 0.3) is 22.3 Å². The van der Waals surface area contributed by atoms with Gasteiger partial charge in [-0.2, -0.15) is 0 Å². The molecule has 0 bridgehead atoms. The Labute approximate surface area is 212 Å². The van der Waals surface area contributed by atoms with Crippen molar-refractivity contribution in [2.45, 2.75) is 12.8 Å². The Balaban J connectivity index is 1.29. The smallest absolute Gasteiger partial charge is 0.257 e. The van der Waals surface area contributed by atoms with Gasteiger partial charge in [0.05, 0.1) is 29.6 Å². The van der Waals surface area contributed by atoms with Crippen LogP contribution in [0.15, 0.2) is 42.7 Å². The summed E-state index contributed by atoms with van der Waals surface area (Å²) in [6.07, 6.45) is 5.59. The lowest BCUT2D eigenvalue weighted by Gasteiger charge is -2.15. The third kappa shape index (κ3) is 5.31. The Morgan fingerprint density at radius 3 is 2.73 bits per heavy atom. The van der Waals surface area contributed by atoms with Crippen molar-refractivity contribution in [2.24, 2.45) is 7.05 Å². The lowest BCUT2D eigenvalue weighted by Crippen LogP contribution is -2.33. The summed E-state index contributed by atoms with van der Waals surface area (Å²) in [5, 5.41) is 10.4. The standard InChI is InChI=1S/C26H28FN7O3/c1-33-15-19(26(32-33)37-2)21-13-17-11-18(14-29-23(17)30-21)25(36)31-22-12-16(5-6-20(22)27)24(35)28-7-10-34-8-3-4-9-34/h5-6,11-15H,3-4,7-10H2,1-2H3,(H,28,35)(H,29,30)(H,31,36). The molecule has 1 aliphatic heterocycles. The van der Waals surface area contributed by atoms with E-state index < -0.39 is 11.7 Å². The van der Waals surface area contributed by atoms with Crippen LogP contribution >= 0.6 is 0 Å². The molecule has 37 heavy (non-hydrogen) atoms.